The first kappa shape index (κ1) is 23.4. The van der Waals surface area contributed by atoms with E-state index in [0.717, 1.165) is 17.7 Å². The molecule has 34 heavy (non-hydrogen) atoms. The molecule has 1 amide bonds. The number of nitrogens with zero attached hydrogens (tertiary/aromatic N) is 5. The van der Waals surface area contributed by atoms with Gasteiger partial charge < -0.3 is 35.2 Å². The summed E-state index contributed by atoms with van der Waals surface area (Å²) in [5.41, 5.74) is 8.31. The minimum atomic E-state index is -0.467. The number of carbonyl (C=O) groups is 1. The van der Waals surface area contributed by atoms with Gasteiger partial charge >= 0.3 is 6.09 Å². The van der Waals surface area contributed by atoms with Crippen LogP contribution in [0.15, 0.2) is 34.9 Å². The van der Waals surface area contributed by atoms with Crippen LogP contribution in [0.5, 0.6) is 0 Å². The monoisotopic (exact) mass is 468 g/mol. The molecule has 1 saturated heterocycles. The number of rotatable bonds is 9. The second kappa shape index (κ2) is 10.9. The van der Waals surface area contributed by atoms with Crippen molar-refractivity contribution in [2.45, 2.75) is 19.1 Å². The molecule has 4 N–H and O–H groups in total. The molecule has 0 unspecified atom stereocenters. The average molecular weight is 469 g/mol. The van der Waals surface area contributed by atoms with E-state index < -0.39 is 6.09 Å². The van der Waals surface area contributed by atoms with Crippen molar-refractivity contribution in [1.29, 1.82) is 0 Å². The lowest BCUT2D eigenvalue weighted by Crippen LogP contribution is -2.32. The van der Waals surface area contributed by atoms with Gasteiger partial charge in [-0.3, -0.25) is 0 Å². The molecule has 2 aromatic heterocycles. The van der Waals surface area contributed by atoms with Crippen LogP contribution >= 0.6 is 0 Å². The molecule has 1 aliphatic rings. The molecule has 12 heteroatoms. The topological polar surface area (TPSA) is 154 Å². The quantitative estimate of drug-likeness (QED) is 0.391. The fourth-order valence-electron chi connectivity index (χ4n) is 3.58. The van der Waals surface area contributed by atoms with Gasteiger partial charge in [-0.15, -0.1) is 10.2 Å². The highest BCUT2D eigenvalue weighted by Gasteiger charge is 2.28. The highest BCUT2D eigenvalue weighted by Crippen LogP contribution is 2.28. The smallest absolute Gasteiger partial charge is 0.407 e. The van der Waals surface area contributed by atoms with E-state index in [0.29, 0.717) is 50.1 Å². The van der Waals surface area contributed by atoms with E-state index in [-0.39, 0.29) is 17.8 Å². The third-order valence-electron chi connectivity index (χ3n) is 5.32. The van der Waals surface area contributed by atoms with E-state index in [1.54, 1.807) is 13.3 Å². The van der Waals surface area contributed by atoms with E-state index in [2.05, 4.69) is 30.8 Å². The summed E-state index contributed by atoms with van der Waals surface area (Å²) in [5, 5.41) is 14.0. The summed E-state index contributed by atoms with van der Waals surface area (Å²) < 4.78 is 16.2. The molecule has 1 atom stereocenters. The number of nitrogen functional groups attached to an aromatic ring is 1. The number of nitrogens with one attached hydrogen (secondary N) is 2. The van der Waals surface area contributed by atoms with Crippen LogP contribution in [0.4, 0.5) is 16.4 Å². The van der Waals surface area contributed by atoms with Gasteiger partial charge in [-0.1, -0.05) is 12.1 Å². The predicted octanol–water partition coefficient (Wildman–Crippen LogP) is 1.45. The third kappa shape index (κ3) is 5.58. The lowest BCUT2D eigenvalue weighted by Gasteiger charge is -2.18. The van der Waals surface area contributed by atoms with E-state index >= 15 is 0 Å². The molecule has 12 nitrogen and oxygen atoms in total. The Balaban J connectivity index is 1.43. The number of ether oxygens (including phenoxy) is 2. The zero-order valence-electron chi connectivity index (χ0n) is 19.2. The first-order chi connectivity index (χ1) is 16.6. The van der Waals surface area contributed by atoms with E-state index in [1.807, 2.05) is 36.2 Å². The minimum Gasteiger partial charge on any atom is -0.444 e. The fraction of sp³-hybridized carbons (Fsp3) is 0.409. The van der Waals surface area contributed by atoms with Crippen molar-refractivity contribution in [3.63, 3.8) is 0 Å². The molecular weight excluding hydrogens is 440 g/mol. The third-order valence-corrected chi connectivity index (χ3v) is 5.32. The fourth-order valence-corrected chi connectivity index (χ4v) is 3.58. The van der Waals surface area contributed by atoms with Crippen LogP contribution < -0.4 is 21.3 Å². The SMILES string of the molecule is CNCc1ccc(-c2nnc(-c3nc(N4CC[C@@H](OC(=O)NCCOC)C4)cnc3N)o2)cc1. The maximum Gasteiger partial charge on any atom is 0.407 e. The van der Waals surface area contributed by atoms with Gasteiger partial charge in [0.2, 0.25) is 5.89 Å². The first-order valence-corrected chi connectivity index (χ1v) is 11.0. The maximum absolute atomic E-state index is 11.9. The zero-order chi connectivity index (χ0) is 23.9. The summed E-state index contributed by atoms with van der Waals surface area (Å²) in [4.78, 5) is 22.7. The number of carbonyl (C=O) groups excluding carboxylic acids is 1. The van der Waals surface area contributed by atoms with Crippen LogP contribution in [0.1, 0.15) is 12.0 Å². The molecule has 0 radical (unpaired) electrons. The molecule has 3 aromatic rings. The van der Waals surface area contributed by atoms with E-state index in [9.17, 15) is 4.79 Å². The molecule has 1 aromatic carbocycles. The Morgan fingerprint density at radius 3 is 2.82 bits per heavy atom. The molecule has 0 aliphatic carbocycles. The number of nitrogens with two attached hydrogens (primary N) is 1. The van der Waals surface area contributed by atoms with Crippen molar-refractivity contribution in [2.75, 3.05) is 51.0 Å². The normalized spacial score (nSPS) is 15.5. The number of hydrogen-bond acceptors (Lipinski definition) is 11. The maximum atomic E-state index is 11.9. The van der Waals surface area contributed by atoms with Crippen molar-refractivity contribution in [3.05, 3.63) is 36.0 Å². The Labute approximate surface area is 196 Å². The second-order valence-corrected chi connectivity index (χ2v) is 7.78. The molecule has 0 spiro atoms. The molecule has 180 valence electrons. The van der Waals surface area contributed by atoms with Gasteiger partial charge in [0, 0.05) is 38.7 Å². The molecule has 4 rings (SSSR count). The van der Waals surface area contributed by atoms with Gasteiger partial charge in [-0.2, -0.15) is 0 Å². The number of amides is 1. The van der Waals surface area contributed by atoms with Gasteiger partial charge in [0.05, 0.1) is 19.3 Å². The molecule has 0 saturated carbocycles. The van der Waals surface area contributed by atoms with Gasteiger partial charge in [0.1, 0.15) is 11.9 Å². The Hall–Kier alpha value is -3.77. The van der Waals surface area contributed by atoms with Crippen molar-refractivity contribution in [3.8, 4) is 23.0 Å². The number of hydrogen-bond donors (Lipinski definition) is 3. The zero-order valence-corrected chi connectivity index (χ0v) is 19.2. The van der Waals surface area contributed by atoms with Crippen molar-refractivity contribution in [1.82, 2.24) is 30.8 Å². The van der Waals surface area contributed by atoms with Crippen LogP contribution in [-0.2, 0) is 16.0 Å². The van der Waals surface area contributed by atoms with Crippen molar-refractivity contribution in [2.24, 2.45) is 0 Å². The lowest BCUT2D eigenvalue weighted by molar-refractivity contribution is 0.104. The summed E-state index contributed by atoms with van der Waals surface area (Å²) in [6.07, 6.45) is 1.53. The second-order valence-electron chi connectivity index (χ2n) is 7.78. The molecule has 3 heterocycles. The number of methoxy groups -OCH3 is 1. The molecular formula is C22H28N8O4. The van der Waals surface area contributed by atoms with Crippen molar-refractivity contribution < 1.29 is 18.7 Å². The number of alkyl carbamates (subject to hydrolysis) is 1. The highest BCUT2D eigenvalue weighted by atomic mass is 16.6. The summed E-state index contributed by atoms with van der Waals surface area (Å²) in [7, 11) is 3.47. The van der Waals surface area contributed by atoms with Crippen LogP contribution in [0, 0.1) is 0 Å². The predicted molar refractivity (Wildman–Crippen MR) is 125 cm³/mol. The van der Waals surface area contributed by atoms with Crippen LogP contribution in [-0.4, -0.2) is 72.8 Å². The Morgan fingerprint density at radius 2 is 2.06 bits per heavy atom. The Bertz CT molecular complexity index is 1100. The Kier molecular flexibility index (Phi) is 7.50. The number of aromatic nitrogens is 4. The number of benzene rings is 1. The summed E-state index contributed by atoms with van der Waals surface area (Å²) in [6.45, 7) is 2.74. The van der Waals surface area contributed by atoms with Crippen LogP contribution in [0.3, 0.4) is 0 Å². The van der Waals surface area contributed by atoms with Gasteiger partial charge in [0.15, 0.2) is 11.5 Å². The molecule has 0 bridgehead atoms. The summed E-state index contributed by atoms with van der Waals surface area (Å²) in [6, 6.07) is 7.83. The largest absolute Gasteiger partial charge is 0.444 e. The van der Waals surface area contributed by atoms with E-state index in [4.69, 9.17) is 19.6 Å². The van der Waals surface area contributed by atoms with Gasteiger partial charge in [-0.05, 0) is 24.7 Å². The summed E-state index contributed by atoms with van der Waals surface area (Å²) in [5.74, 6) is 1.33. The average Bonchev–Trinajstić information content (AvgIpc) is 3.51. The Morgan fingerprint density at radius 1 is 1.26 bits per heavy atom. The van der Waals surface area contributed by atoms with Gasteiger partial charge in [0.25, 0.3) is 5.89 Å². The van der Waals surface area contributed by atoms with Crippen LogP contribution in [0.2, 0.25) is 0 Å². The molecule has 1 fully saturated rings. The molecule has 1 aliphatic heterocycles. The standard InChI is InChI=1S/C22H28N8O4/c1-24-11-14-3-5-15(6-4-14)20-28-29-21(34-20)18-19(23)26-12-17(27-18)30-9-7-16(13-30)33-22(31)25-8-10-32-2/h3-6,12,16,24H,7-11,13H2,1-2H3,(H2,23,26)(H,25,31)/t16-/m1/s1. The van der Waals surface area contributed by atoms with Gasteiger partial charge in [-0.25, -0.2) is 14.8 Å². The minimum absolute atomic E-state index is 0.186. The highest BCUT2D eigenvalue weighted by molar-refractivity contribution is 5.68. The first-order valence-electron chi connectivity index (χ1n) is 11.0. The lowest BCUT2D eigenvalue weighted by atomic mass is 10.1. The summed E-state index contributed by atoms with van der Waals surface area (Å²) >= 11 is 0. The van der Waals surface area contributed by atoms with E-state index in [1.165, 1.54) is 0 Å². The van der Waals surface area contributed by atoms with Crippen LogP contribution in [0.25, 0.3) is 23.0 Å². The number of anilines is 2. The van der Waals surface area contributed by atoms with Crippen molar-refractivity contribution >= 4 is 17.7 Å².